The number of thioether (sulfide) groups is 1. The van der Waals surface area contributed by atoms with Crippen molar-refractivity contribution in [2.75, 3.05) is 11.5 Å². The van der Waals surface area contributed by atoms with Crippen molar-refractivity contribution in [1.29, 1.82) is 5.26 Å². The lowest BCUT2D eigenvalue weighted by Gasteiger charge is -2.13. The highest BCUT2D eigenvalue weighted by molar-refractivity contribution is 7.99. The van der Waals surface area contributed by atoms with Gasteiger partial charge in [-0.3, -0.25) is 4.79 Å². The summed E-state index contributed by atoms with van der Waals surface area (Å²) in [6.45, 7) is 4.07. The fourth-order valence-electron chi connectivity index (χ4n) is 1.37. The van der Waals surface area contributed by atoms with Crippen molar-refractivity contribution in [1.82, 2.24) is 5.32 Å². The molecule has 0 aliphatic rings. The van der Waals surface area contributed by atoms with E-state index in [1.165, 1.54) is 0 Å². The Hall–Kier alpha value is -1.47. The Morgan fingerprint density at radius 2 is 2.35 bits per heavy atom. The maximum absolute atomic E-state index is 11.9. The predicted octanol–water partition coefficient (Wildman–Crippen LogP) is 2.43. The average Bonchev–Trinajstić information content (AvgIpc) is 2.36. The van der Waals surface area contributed by atoms with Gasteiger partial charge in [-0.1, -0.05) is 13.0 Å². The molecule has 0 saturated heterocycles. The van der Waals surface area contributed by atoms with E-state index in [4.69, 9.17) is 5.26 Å². The van der Waals surface area contributed by atoms with Crippen LogP contribution in [0.15, 0.2) is 24.3 Å². The van der Waals surface area contributed by atoms with Gasteiger partial charge < -0.3 is 5.32 Å². The van der Waals surface area contributed by atoms with E-state index in [0.29, 0.717) is 11.1 Å². The maximum Gasteiger partial charge on any atom is 0.251 e. The number of benzene rings is 1. The molecule has 90 valence electrons. The number of amides is 1. The lowest BCUT2D eigenvalue weighted by Crippen LogP contribution is -2.34. The molecule has 3 nitrogen and oxygen atoms in total. The second-order valence-corrected chi connectivity index (χ2v) is 5.05. The van der Waals surface area contributed by atoms with Crippen LogP contribution in [0.25, 0.3) is 0 Å². The summed E-state index contributed by atoms with van der Waals surface area (Å²) in [7, 11) is 0. The van der Waals surface area contributed by atoms with E-state index in [1.807, 2.05) is 13.0 Å². The second kappa shape index (κ2) is 6.97. The number of nitriles is 1. The molecule has 17 heavy (non-hydrogen) atoms. The monoisotopic (exact) mass is 248 g/mol. The number of hydrogen-bond acceptors (Lipinski definition) is 3. The van der Waals surface area contributed by atoms with Gasteiger partial charge in [0.15, 0.2) is 0 Å². The van der Waals surface area contributed by atoms with Crippen LogP contribution < -0.4 is 5.32 Å². The first-order valence-corrected chi connectivity index (χ1v) is 6.71. The Morgan fingerprint density at radius 3 is 3.00 bits per heavy atom. The Kier molecular flexibility index (Phi) is 5.58. The van der Waals surface area contributed by atoms with Gasteiger partial charge in [-0.2, -0.15) is 17.0 Å². The van der Waals surface area contributed by atoms with Crippen molar-refractivity contribution < 1.29 is 4.79 Å². The zero-order valence-corrected chi connectivity index (χ0v) is 10.9. The molecule has 1 amide bonds. The first-order chi connectivity index (χ1) is 8.17. The van der Waals surface area contributed by atoms with Gasteiger partial charge in [-0.05, 0) is 30.9 Å². The van der Waals surface area contributed by atoms with Crippen LogP contribution >= 0.6 is 11.8 Å². The molecule has 1 aromatic rings. The summed E-state index contributed by atoms with van der Waals surface area (Å²) in [6.07, 6.45) is 0. The van der Waals surface area contributed by atoms with Crippen molar-refractivity contribution >= 4 is 17.7 Å². The summed E-state index contributed by atoms with van der Waals surface area (Å²) in [5.74, 6) is 1.83. The lowest BCUT2D eigenvalue weighted by molar-refractivity contribution is 0.0943. The van der Waals surface area contributed by atoms with Crippen molar-refractivity contribution in [3.63, 3.8) is 0 Å². The molecule has 1 atom stereocenters. The van der Waals surface area contributed by atoms with Crippen LogP contribution in [0.2, 0.25) is 0 Å². The highest BCUT2D eigenvalue weighted by Crippen LogP contribution is 2.06. The largest absolute Gasteiger partial charge is 0.349 e. The fraction of sp³-hybridized carbons (Fsp3) is 0.385. The quantitative estimate of drug-likeness (QED) is 0.870. The Balaban J connectivity index is 2.60. The van der Waals surface area contributed by atoms with Crippen LogP contribution in [-0.2, 0) is 0 Å². The van der Waals surface area contributed by atoms with Crippen LogP contribution in [0, 0.1) is 11.3 Å². The summed E-state index contributed by atoms with van der Waals surface area (Å²) in [5.41, 5.74) is 1.05. The van der Waals surface area contributed by atoms with E-state index < -0.39 is 0 Å². The van der Waals surface area contributed by atoms with Gasteiger partial charge in [0.25, 0.3) is 5.91 Å². The zero-order valence-electron chi connectivity index (χ0n) is 10.1. The van der Waals surface area contributed by atoms with Gasteiger partial charge in [0.1, 0.15) is 0 Å². The molecule has 0 radical (unpaired) electrons. The van der Waals surface area contributed by atoms with Crippen molar-refractivity contribution in [3.8, 4) is 6.07 Å². The van der Waals surface area contributed by atoms with Crippen LogP contribution in [0.1, 0.15) is 29.8 Å². The minimum atomic E-state index is -0.119. The SMILES string of the molecule is CCSCC(C)NC(=O)c1cccc(C#N)c1. The molecular formula is C13H16N2OS. The molecule has 0 heterocycles. The molecule has 0 bridgehead atoms. The average molecular weight is 248 g/mol. The molecule has 4 heteroatoms. The number of rotatable bonds is 5. The Bertz CT molecular complexity index is 426. The molecule has 1 N–H and O–H groups in total. The molecule has 1 aromatic carbocycles. The van der Waals surface area contributed by atoms with Gasteiger partial charge in [-0.15, -0.1) is 0 Å². The van der Waals surface area contributed by atoms with Crippen LogP contribution in [0.3, 0.4) is 0 Å². The number of nitrogens with one attached hydrogen (secondary N) is 1. The maximum atomic E-state index is 11.9. The lowest BCUT2D eigenvalue weighted by atomic mass is 10.1. The topological polar surface area (TPSA) is 52.9 Å². The fourth-order valence-corrected chi connectivity index (χ4v) is 2.05. The number of nitrogens with zero attached hydrogens (tertiary/aromatic N) is 1. The summed E-state index contributed by atoms with van der Waals surface area (Å²) < 4.78 is 0. The Morgan fingerprint density at radius 1 is 1.59 bits per heavy atom. The minimum Gasteiger partial charge on any atom is -0.349 e. The van der Waals surface area contributed by atoms with Gasteiger partial charge in [0.2, 0.25) is 0 Å². The molecule has 1 rings (SSSR count). The summed E-state index contributed by atoms with van der Waals surface area (Å²) in [5, 5.41) is 11.7. The number of hydrogen-bond donors (Lipinski definition) is 1. The van der Waals surface area contributed by atoms with Gasteiger partial charge in [0.05, 0.1) is 11.6 Å². The van der Waals surface area contributed by atoms with E-state index in [9.17, 15) is 4.79 Å². The number of carbonyl (C=O) groups excluding carboxylic acids is 1. The van der Waals surface area contributed by atoms with E-state index in [0.717, 1.165) is 11.5 Å². The summed E-state index contributed by atoms with van der Waals surface area (Å²) in [6, 6.07) is 8.90. The van der Waals surface area contributed by atoms with Crippen molar-refractivity contribution in [3.05, 3.63) is 35.4 Å². The zero-order chi connectivity index (χ0) is 12.7. The molecule has 0 aromatic heterocycles. The first-order valence-electron chi connectivity index (χ1n) is 5.56. The standard InChI is InChI=1S/C13H16N2OS/c1-3-17-9-10(2)15-13(16)12-6-4-5-11(7-12)8-14/h4-7,10H,3,9H2,1-2H3,(H,15,16). The predicted molar refractivity (Wildman–Crippen MR) is 71.1 cm³/mol. The van der Waals surface area contributed by atoms with Crippen molar-refractivity contribution in [2.45, 2.75) is 19.9 Å². The highest BCUT2D eigenvalue weighted by atomic mass is 32.2. The van der Waals surface area contributed by atoms with Gasteiger partial charge in [-0.25, -0.2) is 0 Å². The summed E-state index contributed by atoms with van der Waals surface area (Å²) >= 11 is 1.79. The molecule has 0 aliphatic carbocycles. The van der Waals surface area contributed by atoms with Gasteiger partial charge >= 0.3 is 0 Å². The van der Waals surface area contributed by atoms with Crippen LogP contribution in [0.5, 0.6) is 0 Å². The molecule has 0 spiro atoms. The van der Waals surface area contributed by atoms with Crippen LogP contribution in [-0.4, -0.2) is 23.5 Å². The third-order valence-corrected chi connectivity index (χ3v) is 3.35. The van der Waals surface area contributed by atoms with Crippen molar-refractivity contribution in [2.24, 2.45) is 0 Å². The molecule has 0 fully saturated rings. The van der Waals surface area contributed by atoms with E-state index >= 15 is 0 Å². The third kappa shape index (κ3) is 4.49. The molecule has 0 saturated carbocycles. The van der Waals surface area contributed by atoms with Gasteiger partial charge in [0, 0.05) is 17.4 Å². The van der Waals surface area contributed by atoms with Crippen LogP contribution in [0.4, 0.5) is 0 Å². The molecular weight excluding hydrogens is 232 g/mol. The summed E-state index contributed by atoms with van der Waals surface area (Å²) in [4.78, 5) is 11.9. The third-order valence-electron chi connectivity index (χ3n) is 2.20. The number of carbonyl (C=O) groups is 1. The normalized spacial score (nSPS) is 11.6. The molecule has 0 aliphatic heterocycles. The Labute approximate surface area is 106 Å². The van der Waals surface area contributed by atoms with E-state index in [2.05, 4.69) is 12.2 Å². The van der Waals surface area contributed by atoms with E-state index in [-0.39, 0.29) is 11.9 Å². The minimum absolute atomic E-state index is 0.119. The second-order valence-electron chi connectivity index (χ2n) is 3.73. The smallest absolute Gasteiger partial charge is 0.251 e. The van der Waals surface area contributed by atoms with E-state index in [1.54, 1.807) is 36.0 Å². The first kappa shape index (κ1) is 13.6. The highest BCUT2D eigenvalue weighted by Gasteiger charge is 2.09. The molecule has 1 unspecified atom stereocenters.